The average Bonchev–Trinajstić information content (AvgIpc) is 2.89. The second-order valence-corrected chi connectivity index (χ2v) is 4.25. The molecule has 6 nitrogen and oxygen atoms in total. The number of nitrogens with zero attached hydrogens (tertiary/aromatic N) is 2. The van der Waals surface area contributed by atoms with Crippen LogP contribution in [0.3, 0.4) is 0 Å². The Morgan fingerprint density at radius 2 is 2.53 bits per heavy atom. The van der Waals surface area contributed by atoms with Crippen LogP contribution in [0.25, 0.3) is 0 Å². The molecule has 17 heavy (non-hydrogen) atoms. The van der Waals surface area contributed by atoms with Crippen LogP contribution in [0.2, 0.25) is 0 Å². The lowest BCUT2D eigenvalue weighted by Gasteiger charge is -2.12. The number of rotatable bonds is 5. The van der Waals surface area contributed by atoms with E-state index in [4.69, 9.17) is 9.84 Å². The molecule has 2 unspecified atom stereocenters. The molecule has 1 aromatic heterocycles. The second kappa shape index (κ2) is 5.29. The fraction of sp³-hybridized carbons (Fsp3) is 0.636. The molecule has 0 amide bonds. The van der Waals surface area contributed by atoms with E-state index >= 15 is 0 Å². The molecule has 6 heteroatoms. The zero-order valence-corrected chi connectivity index (χ0v) is 9.80. The van der Waals surface area contributed by atoms with Gasteiger partial charge in [0.25, 0.3) is 0 Å². The maximum absolute atomic E-state index is 10.7. The monoisotopic (exact) mass is 239 g/mol. The van der Waals surface area contributed by atoms with E-state index in [1.54, 1.807) is 6.20 Å². The minimum absolute atomic E-state index is 0.00336. The van der Waals surface area contributed by atoms with Crippen molar-refractivity contribution < 1.29 is 14.6 Å². The van der Waals surface area contributed by atoms with Crippen LogP contribution in [0.4, 0.5) is 0 Å². The number of aliphatic carboxylic acids is 1. The fourth-order valence-electron chi connectivity index (χ4n) is 1.95. The highest BCUT2D eigenvalue weighted by molar-refractivity contribution is 5.72. The highest BCUT2D eigenvalue weighted by Crippen LogP contribution is 2.19. The van der Waals surface area contributed by atoms with Crippen molar-refractivity contribution in [2.45, 2.75) is 31.6 Å². The molecule has 2 atom stereocenters. The lowest BCUT2D eigenvalue weighted by atomic mass is 10.2. The van der Waals surface area contributed by atoms with Crippen molar-refractivity contribution in [3.8, 4) is 0 Å². The Balaban J connectivity index is 1.70. The number of hydrogen-bond acceptors (Lipinski definition) is 4. The first kappa shape index (κ1) is 12.1. The molecule has 0 aromatic carbocycles. The molecule has 94 valence electrons. The van der Waals surface area contributed by atoms with Gasteiger partial charge in [0.1, 0.15) is 5.82 Å². The number of carboxylic acids is 1. The third-order valence-corrected chi connectivity index (χ3v) is 2.96. The van der Waals surface area contributed by atoms with Crippen LogP contribution < -0.4 is 5.32 Å². The minimum atomic E-state index is -0.864. The van der Waals surface area contributed by atoms with Crippen LogP contribution in [0.1, 0.15) is 18.7 Å². The van der Waals surface area contributed by atoms with Crippen LogP contribution in [0, 0.1) is 0 Å². The second-order valence-electron chi connectivity index (χ2n) is 4.25. The van der Waals surface area contributed by atoms with Gasteiger partial charge in [-0.15, -0.1) is 0 Å². The van der Waals surface area contributed by atoms with Gasteiger partial charge in [0.2, 0.25) is 0 Å². The van der Waals surface area contributed by atoms with E-state index in [1.807, 2.05) is 17.8 Å². The lowest BCUT2D eigenvalue weighted by Crippen LogP contribution is -2.29. The van der Waals surface area contributed by atoms with Crippen LogP contribution in [0.5, 0.6) is 0 Å². The SMILES string of the molecule is Cn1ccnc1CNCC1CCC(C(=O)O)O1. The Morgan fingerprint density at radius 3 is 3.12 bits per heavy atom. The Labute approximate surface area is 99.6 Å². The lowest BCUT2D eigenvalue weighted by molar-refractivity contribution is -0.149. The Bertz CT molecular complexity index is 391. The molecule has 1 saturated heterocycles. The van der Waals surface area contributed by atoms with Gasteiger partial charge in [0.05, 0.1) is 12.6 Å². The molecule has 1 aliphatic heterocycles. The van der Waals surface area contributed by atoms with Crippen molar-refractivity contribution in [2.75, 3.05) is 6.54 Å². The molecule has 1 fully saturated rings. The zero-order chi connectivity index (χ0) is 12.3. The maximum Gasteiger partial charge on any atom is 0.332 e. The van der Waals surface area contributed by atoms with Crippen molar-refractivity contribution in [1.82, 2.24) is 14.9 Å². The van der Waals surface area contributed by atoms with E-state index in [0.29, 0.717) is 19.5 Å². The molecular formula is C11H17N3O3. The number of ether oxygens (including phenoxy) is 1. The first-order valence-electron chi connectivity index (χ1n) is 5.72. The largest absolute Gasteiger partial charge is 0.479 e. The Kier molecular flexibility index (Phi) is 3.75. The summed E-state index contributed by atoms with van der Waals surface area (Å²) in [5.74, 6) is 0.0920. The minimum Gasteiger partial charge on any atom is -0.479 e. The fourth-order valence-corrected chi connectivity index (χ4v) is 1.95. The Hall–Kier alpha value is -1.40. The summed E-state index contributed by atoms with van der Waals surface area (Å²) >= 11 is 0. The molecule has 0 spiro atoms. The van der Waals surface area contributed by atoms with E-state index in [-0.39, 0.29) is 6.10 Å². The summed E-state index contributed by atoms with van der Waals surface area (Å²) in [5, 5.41) is 12.0. The first-order chi connectivity index (χ1) is 8.16. The van der Waals surface area contributed by atoms with Gasteiger partial charge in [0.15, 0.2) is 6.10 Å². The quantitative estimate of drug-likeness (QED) is 0.764. The summed E-state index contributed by atoms with van der Waals surface area (Å²) < 4.78 is 7.33. The summed E-state index contributed by atoms with van der Waals surface area (Å²) in [6.07, 6.45) is 4.41. The van der Waals surface area contributed by atoms with Gasteiger partial charge in [-0.25, -0.2) is 9.78 Å². The van der Waals surface area contributed by atoms with Crippen molar-refractivity contribution in [3.05, 3.63) is 18.2 Å². The molecule has 2 heterocycles. The number of imidazole rings is 1. The summed E-state index contributed by atoms with van der Waals surface area (Å²) in [4.78, 5) is 14.9. The van der Waals surface area contributed by atoms with Crippen molar-refractivity contribution in [3.63, 3.8) is 0 Å². The van der Waals surface area contributed by atoms with Gasteiger partial charge in [0, 0.05) is 26.0 Å². The molecule has 0 bridgehead atoms. The third kappa shape index (κ3) is 3.04. The first-order valence-corrected chi connectivity index (χ1v) is 5.72. The summed E-state index contributed by atoms with van der Waals surface area (Å²) in [5.41, 5.74) is 0. The van der Waals surface area contributed by atoms with Gasteiger partial charge in [-0.05, 0) is 12.8 Å². The van der Waals surface area contributed by atoms with Gasteiger partial charge < -0.3 is 19.7 Å². The summed E-state index contributed by atoms with van der Waals surface area (Å²) in [6.45, 7) is 1.33. The molecule has 0 saturated carbocycles. The molecule has 2 N–H and O–H groups in total. The smallest absolute Gasteiger partial charge is 0.332 e. The Morgan fingerprint density at radius 1 is 1.71 bits per heavy atom. The van der Waals surface area contributed by atoms with Gasteiger partial charge in [-0.2, -0.15) is 0 Å². The van der Waals surface area contributed by atoms with Crippen molar-refractivity contribution in [2.24, 2.45) is 7.05 Å². The molecule has 2 rings (SSSR count). The van der Waals surface area contributed by atoms with Crippen LogP contribution >= 0.6 is 0 Å². The number of aryl methyl sites for hydroxylation is 1. The molecular weight excluding hydrogens is 222 g/mol. The van der Waals surface area contributed by atoms with Gasteiger partial charge >= 0.3 is 5.97 Å². The van der Waals surface area contributed by atoms with Gasteiger partial charge in [-0.3, -0.25) is 0 Å². The van der Waals surface area contributed by atoms with Crippen LogP contribution in [-0.4, -0.2) is 39.4 Å². The van der Waals surface area contributed by atoms with E-state index < -0.39 is 12.1 Å². The molecule has 1 aromatic rings. The normalized spacial score (nSPS) is 24.1. The number of aromatic nitrogens is 2. The van der Waals surface area contributed by atoms with Gasteiger partial charge in [-0.1, -0.05) is 0 Å². The maximum atomic E-state index is 10.7. The predicted molar refractivity (Wildman–Crippen MR) is 60.4 cm³/mol. The summed E-state index contributed by atoms with van der Waals surface area (Å²) in [7, 11) is 1.94. The zero-order valence-electron chi connectivity index (χ0n) is 9.80. The predicted octanol–water partition coefficient (Wildman–Crippen LogP) is 0.142. The number of carbonyl (C=O) groups is 1. The highest BCUT2D eigenvalue weighted by atomic mass is 16.5. The number of carboxylic acid groups (broad SMARTS) is 1. The van der Waals surface area contributed by atoms with E-state index in [1.165, 1.54) is 0 Å². The highest BCUT2D eigenvalue weighted by Gasteiger charge is 2.29. The van der Waals surface area contributed by atoms with Crippen molar-refractivity contribution >= 4 is 5.97 Å². The standard InChI is InChI=1S/C11H17N3O3/c1-14-5-4-13-10(14)7-12-6-8-2-3-9(17-8)11(15)16/h4-5,8-9,12H,2-3,6-7H2,1H3,(H,15,16). The van der Waals surface area contributed by atoms with E-state index in [2.05, 4.69) is 10.3 Å². The topological polar surface area (TPSA) is 76.4 Å². The average molecular weight is 239 g/mol. The van der Waals surface area contributed by atoms with E-state index in [0.717, 1.165) is 12.2 Å². The third-order valence-electron chi connectivity index (χ3n) is 2.96. The summed E-state index contributed by atoms with van der Waals surface area (Å²) in [6, 6.07) is 0. The number of hydrogen-bond donors (Lipinski definition) is 2. The molecule has 1 aliphatic rings. The number of nitrogens with one attached hydrogen (secondary N) is 1. The molecule has 0 aliphatic carbocycles. The van der Waals surface area contributed by atoms with Crippen molar-refractivity contribution in [1.29, 1.82) is 0 Å². The molecule has 0 radical (unpaired) electrons. The van der Waals surface area contributed by atoms with Crippen LogP contribution in [-0.2, 0) is 23.1 Å². The van der Waals surface area contributed by atoms with Crippen LogP contribution in [0.15, 0.2) is 12.4 Å². The van der Waals surface area contributed by atoms with E-state index in [9.17, 15) is 4.79 Å².